The highest BCUT2D eigenvalue weighted by molar-refractivity contribution is 7.89. The fourth-order valence-corrected chi connectivity index (χ4v) is 5.08. The second kappa shape index (κ2) is 7.25. The molecule has 1 aromatic carbocycles. The third-order valence-corrected chi connectivity index (χ3v) is 7.12. The van der Waals surface area contributed by atoms with Crippen LogP contribution in [0.1, 0.15) is 40.2 Å². The number of carbonyl (C=O) groups is 1. The minimum absolute atomic E-state index is 0.225. The van der Waals surface area contributed by atoms with Gasteiger partial charge in [0.25, 0.3) is 5.91 Å². The first kappa shape index (κ1) is 18.7. The van der Waals surface area contributed by atoms with E-state index in [1.54, 1.807) is 18.5 Å². The molecule has 1 saturated heterocycles. The summed E-state index contributed by atoms with van der Waals surface area (Å²) in [5, 5.41) is 2.89. The van der Waals surface area contributed by atoms with Gasteiger partial charge in [-0.05, 0) is 43.9 Å². The van der Waals surface area contributed by atoms with Crippen LogP contribution in [-0.2, 0) is 23.6 Å². The molecule has 1 aromatic heterocycles. The first-order chi connectivity index (χ1) is 12.3. The number of nitrogens with one attached hydrogen (secondary N) is 1. The zero-order valence-electron chi connectivity index (χ0n) is 15.4. The van der Waals surface area contributed by atoms with Crippen molar-refractivity contribution in [1.29, 1.82) is 0 Å². The maximum atomic E-state index is 12.8. The van der Waals surface area contributed by atoms with Gasteiger partial charge in [0, 0.05) is 32.4 Å². The van der Waals surface area contributed by atoms with E-state index in [0.717, 1.165) is 24.0 Å². The molecule has 2 aromatic rings. The lowest BCUT2D eigenvalue weighted by Crippen LogP contribution is -2.28. The van der Waals surface area contributed by atoms with Crippen LogP contribution in [0.15, 0.2) is 35.2 Å². The van der Waals surface area contributed by atoms with Crippen LogP contribution >= 0.6 is 0 Å². The van der Waals surface area contributed by atoms with Crippen LogP contribution < -0.4 is 5.32 Å². The maximum absolute atomic E-state index is 12.8. The van der Waals surface area contributed by atoms with Crippen LogP contribution in [0, 0.1) is 13.8 Å². The fourth-order valence-electron chi connectivity index (χ4n) is 3.29. The molecular formula is C19H25N3O3S. The lowest BCUT2D eigenvalue weighted by atomic mass is 10.1. The maximum Gasteiger partial charge on any atom is 0.268 e. The smallest absolute Gasteiger partial charge is 0.268 e. The molecule has 0 radical (unpaired) electrons. The molecule has 0 spiro atoms. The predicted octanol–water partition coefficient (Wildman–Crippen LogP) is 2.36. The molecule has 0 bridgehead atoms. The van der Waals surface area contributed by atoms with Gasteiger partial charge in [0.05, 0.1) is 0 Å². The second-order valence-corrected chi connectivity index (χ2v) is 8.66. The highest BCUT2D eigenvalue weighted by Crippen LogP contribution is 2.26. The summed E-state index contributed by atoms with van der Waals surface area (Å²) >= 11 is 0. The lowest BCUT2D eigenvalue weighted by molar-refractivity contribution is 0.0942. The minimum atomic E-state index is -3.55. The van der Waals surface area contributed by atoms with Crippen molar-refractivity contribution in [3.05, 3.63) is 52.8 Å². The van der Waals surface area contributed by atoms with Gasteiger partial charge in [-0.3, -0.25) is 4.79 Å². The Morgan fingerprint density at radius 2 is 1.81 bits per heavy atom. The summed E-state index contributed by atoms with van der Waals surface area (Å²) in [5.74, 6) is -0.276. The number of benzene rings is 1. The van der Waals surface area contributed by atoms with Crippen LogP contribution in [0.3, 0.4) is 0 Å². The Balaban J connectivity index is 1.82. The average Bonchev–Trinajstić information content (AvgIpc) is 3.24. The van der Waals surface area contributed by atoms with Crippen molar-refractivity contribution in [2.75, 3.05) is 13.1 Å². The Bertz CT molecular complexity index is 926. The van der Waals surface area contributed by atoms with Crippen molar-refractivity contribution in [2.24, 2.45) is 7.05 Å². The Morgan fingerprint density at radius 1 is 1.15 bits per heavy atom. The molecule has 3 rings (SSSR count). The molecule has 1 N–H and O–H groups in total. The Labute approximate surface area is 154 Å². The Morgan fingerprint density at radius 3 is 2.46 bits per heavy atom. The molecule has 1 fully saturated rings. The van der Waals surface area contributed by atoms with Gasteiger partial charge in [0.2, 0.25) is 10.0 Å². The molecule has 0 aliphatic carbocycles. The molecule has 1 aliphatic rings. The van der Waals surface area contributed by atoms with E-state index >= 15 is 0 Å². The van der Waals surface area contributed by atoms with E-state index in [2.05, 4.69) is 5.32 Å². The van der Waals surface area contributed by atoms with E-state index in [4.69, 9.17) is 0 Å². The topological polar surface area (TPSA) is 71.4 Å². The second-order valence-electron chi connectivity index (χ2n) is 6.76. The molecule has 26 heavy (non-hydrogen) atoms. The summed E-state index contributed by atoms with van der Waals surface area (Å²) in [6.07, 6.45) is 1.77. The van der Waals surface area contributed by atoms with Crippen molar-refractivity contribution in [3.63, 3.8) is 0 Å². The fraction of sp³-hybridized carbons (Fsp3) is 0.421. The first-order valence-electron chi connectivity index (χ1n) is 8.81. The van der Waals surface area contributed by atoms with Gasteiger partial charge in [-0.1, -0.05) is 24.3 Å². The summed E-state index contributed by atoms with van der Waals surface area (Å²) in [6.45, 7) is 5.23. The first-order valence-corrected chi connectivity index (χ1v) is 10.3. The van der Waals surface area contributed by atoms with E-state index in [0.29, 0.717) is 31.0 Å². The van der Waals surface area contributed by atoms with E-state index in [1.807, 2.05) is 31.2 Å². The number of aromatic nitrogens is 1. The van der Waals surface area contributed by atoms with E-state index in [9.17, 15) is 13.2 Å². The SMILES string of the molecule is Cc1ccccc1CNC(=O)c1cc(S(=O)(=O)N2CCCC2)c(C)n1C. The number of rotatable bonds is 5. The van der Waals surface area contributed by atoms with Crippen LogP contribution in [0.25, 0.3) is 0 Å². The van der Waals surface area contributed by atoms with Gasteiger partial charge in [-0.15, -0.1) is 0 Å². The van der Waals surface area contributed by atoms with Crippen molar-refractivity contribution in [1.82, 2.24) is 14.2 Å². The molecule has 6 nitrogen and oxygen atoms in total. The average molecular weight is 375 g/mol. The molecule has 140 valence electrons. The number of sulfonamides is 1. The third kappa shape index (κ3) is 3.41. The predicted molar refractivity (Wildman–Crippen MR) is 100 cm³/mol. The summed E-state index contributed by atoms with van der Waals surface area (Å²) in [7, 11) is -1.82. The number of nitrogens with zero attached hydrogens (tertiary/aromatic N) is 2. The number of amides is 1. The zero-order chi connectivity index (χ0) is 18.9. The number of hydrogen-bond acceptors (Lipinski definition) is 3. The summed E-state index contributed by atoms with van der Waals surface area (Å²) in [6, 6.07) is 9.35. The zero-order valence-corrected chi connectivity index (χ0v) is 16.3. The number of carbonyl (C=O) groups excluding carboxylic acids is 1. The molecule has 1 amide bonds. The van der Waals surface area contributed by atoms with Crippen molar-refractivity contribution >= 4 is 15.9 Å². The molecule has 1 aliphatic heterocycles. The van der Waals surface area contributed by atoms with E-state index < -0.39 is 10.0 Å². The Kier molecular flexibility index (Phi) is 5.20. The number of aryl methyl sites for hydroxylation is 1. The van der Waals surface area contributed by atoms with Gasteiger partial charge in [0.1, 0.15) is 10.6 Å². The molecule has 7 heteroatoms. The van der Waals surface area contributed by atoms with Gasteiger partial charge >= 0.3 is 0 Å². The molecular weight excluding hydrogens is 350 g/mol. The molecule has 0 atom stereocenters. The molecule has 2 heterocycles. The largest absolute Gasteiger partial charge is 0.347 e. The third-order valence-electron chi connectivity index (χ3n) is 5.11. The highest BCUT2D eigenvalue weighted by atomic mass is 32.2. The lowest BCUT2D eigenvalue weighted by Gasteiger charge is -2.15. The number of hydrogen-bond donors (Lipinski definition) is 1. The van der Waals surface area contributed by atoms with Gasteiger partial charge in [-0.2, -0.15) is 4.31 Å². The van der Waals surface area contributed by atoms with Crippen LogP contribution in [-0.4, -0.2) is 36.3 Å². The monoisotopic (exact) mass is 375 g/mol. The van der Waals surface area contributed by atoms with Gasteiger partial charge in [-0.25, -0.2) is 8.42 Å². The van der Waals surface area contributed by atoms with Gasteiger partial charge < -0.3 is 9.88 Å². The molecule has 0 unspecified atom stereocenters. The normalized spacial score (nSPS) is 15.3. The Hall–Kier alpha value is -2.12. The highest BCUT2D eigenvalue weighted by Gasteiger charge is 2.31. The van der Waals surface area contributed by atoms with Crippen LogP contribution in [0.2, 0.25) is 0 Å². The van der Waals surface area contributed by atoms with Crippen molar-refractivity contribution < 1.29 is 13.2 Å². The minimum Gasteiger partial charge on any atom is -0.347 e. The van der Waals surface area contributed by atoms with Crippen LogP contribution in [0.4, 0.5) is 0 Å². The summed E-state index contributed by atoms with van der Waals surface area (Å²) in [5.41, 5.74) is 3.08. The van der Waals surface area contributed by atoms with E-state index in [1.165, 1.54) is 10.4 Å². The summed E-state index contributed by atoms with van der Waals surface area (Å²) in [4.78, 5) is 12.8. The quantitative estimate of drug-likeness (QED) is 0.872. The van der Waals surface area contributed by atoms with Gasteiger partial charge in [0.15, 0.2) is 0 Å². The van der Waals surface area contributed by atoms with E-state index in [-0.39, 0.29) is 10.8 Å². The van der Waals surface area contributed by atoms with Crippen molar-refractivity contribution in [3.8, 4) is 0 Å². The standard InChI is InChI=1S/C19H25N3O3S/c1-14-8-4-5-9-16(14)13-20-19(23)17-12-18(15(2)21(17)3)26(24,25)22-10-6-7-11-22/h4-5,8-9,12H,6-7,10-11,13H2,1-3H3,(H,20,23). The van der Waals surface area contributed by atoms with Crippen molar-refractivity contribution in [2.45, 2.75) is 38.1 Å². The van der Waals surface area contributed by atoms with Crippen LogP contribution in [0.5, 0.6) is 0 Å². The molecule has 0 saturated carbocycles. The summed E-state index contributed by atoms with van der Waals surface area (Å²) < 4.78 is 28.8.